The Morgan fingerprint density at radius 1 is 1.30 bits per heavy atom. The highest BCUT2D eigenvalue weighted by Gasteiger charge is 2.28. The lowest BCUT2D eigenvalue weighted by Crippen LogP contribution is -2.42. The first-order valence-electron chi connectivity index (χ1n) is 7.46. The van der Waals surface area contributed by atoms with Gasteiger partial charge in [-0.1, -0.05) is 0 Å². The largest absolute Gasteiger partial charge is 0.466 e. The first-order chi connectivity index (χ1) is 11.0. The summed E-state index contributed by atoms with van der Waals surface area (Å²) in [5, 5.41) is 0. The predicted octanol–water partition coefficient (Wildman–Crippen LogP) is 1.74. The second-order valence-corrected chi connectivity index (χ2v) is 6.13. The van der Waals surface area contributed by atoms with Gasteiger partial charge in [0.25, 0.3) is 5.91 Å². The summed E-state index contributed by atoms with van der Waals surface area (Å²) in [6, 6.07) is 1.58. The van der Waals surface area contributed by atoms with Crippen LogP contribution in [-0.2, 0) is 19.1 Å². The molecule has 1 N–H and O–H groups in total. The van der Waals surface area contributed by atoms with Gasteiger partial charge < -0.3 is 19.4 Å². The maximum atomic E-state index is 12.1. The van der Waals surface area contributed by atoms with Crippen LogP contribution < -0.4 is 0 Å². The zero-order chi connectivity index (χ0) is 16.8. The lowest BCUT2D eigenvalue weighted by Gasteiger charge is -2.30. The number of rotatable bonds is 5. The molecule has 1 aromatic heterocycles. The molecular formula is C15H19BrN2O5. The predicted molar refractivity (Wildman–Crippen MR) is 84.7 cm³/mol. The summed E-state index contributed by atoms with van der Waals surface area (Å²) in [6.07, 6.45) is 2.75. The van der Waals surface area contributed by atoms with E-state index in [0.29, 0.717) is 32.5 Å². The first kappa shape index (κ1) is 17.5. The van der Waals surface area contributed by atoms with Crippen molar-refractivity contribution in [3.63, 3.8) is 0 Å². The Hall–Kier alpha value is -1.83. The van der Waals surface area contributed by atoms with E-state index in [2.05, 4.69) is 20.9 Å². The van der Waals surface area contributed by atoms with Crippen molar-refractivity contribution in [2.75, 3.05) is 26.3 Å². The van der Waals surface area contributed by atoms with Crippen LogP contribution in [0.15, 0.2) is 16.7 Å². The Labute approximate surface area is 142 Å². The van der Waals surface area contributed by atoms with Crippen molar-refractivity contribution in [1.29, 1.82) is 0 Å². The van der Waals surface area contributed by atoms with E-state index < -0.39 is 5.97 Å². The number of hydrogen-bond donors (Lipinski definition) is 1. The monoisotopic (exact) mass is 386 g/mol. The highest BCUT2D eigenvalue weighted by molar-refractivity contribution is 9.10. The molecule has 0 unspecified atom stereocenters. The van der Waals surface area contributed by atoms with E-state index in [9.17, 15) is 14.4 Å². The number of amides is 1. The molecule has 0 saturated carbocycles. The summed E-state index contributed by atoms with van der Waals surface area (Å²) in [5.74, 6) is -1.20. The Bertz CT molecular complexity index is 578. The molecular weight excluding hydrogens is 368 g/mol. The Morgan fingerprint density at radius 3 is 2.57 bits per heavy atom. The van der Waals surface area contributed by atoms with Gasteiger partial charge in [-0.15, -0.1) is 0 Å². The van der Waals surface area contributed by atoms with Gasteiger partial charge in [0.1, 0.15) is 5.69 Å². The van der Waals surface area contributed by atoms with E-state index in [1.54, 1.807) is 24.1 Å². The Kier molecular flexibility index (Phi) is 6.20. The van der Waals surface area contributed by atoms with Crippen molar-refractivity contribution >= 4 is 33.8 Å². The number of ether oxygens (including phenoxy) is 2. The number of carbonyl (C=O) groups excluding carboxylic acids is 3. The van der Waals surface area contributed by atoms with Gasteiger partial charge in [0, 0.05) is 23.8 Å². The van der Waals surface area contributed by atoms with Crippen LogP contribution in [0.1, 0.15) is 30.3 Å². The number of likely N-dealkylation sites (tertiary alicyclic amines) is 1. The summed E-state index contributed by atoms with van der Waals surface area (Å²) in [4.78, 5) is 39.8. The minimum Gasteiger partial charge on any atom is -0.466 e. The molecule has 0 atom stereocenters. The minimum atomic E-state index is -0.578. The van der Waals surface area contributed by atoms with Crippen LogP contribution in [0.4, 0.5) is 0 Å². The van der Waals surface area contributed by atoms with Crippen LogP contribution in [0.5, 0.6) is 0 Å². The van der Waals surface area contributed by atoms with Crippen molar-refractivity contribution in [3.05, 3.63) is 22.4 Å². The van der Waals surface area contributed by atoms with E-state index in [-0.39, 0.29) is 30.1 Å². The van der Waals surface area contributed by atoms with Crippen molar-refractivity contribution in [3.8, 4) is 0 Å². The maximum Gasteiger partial charge on any atom is 0.355 e. The number of aromatic nitrogens is 1. The average molecular weight is 387 g/mol. The van der Waals surface area contributed by atoms with Crippen LogP contribution in [0.25, 0.3) is 0 Å². The minimum absolute atomic E-state index is 0.155. The van der Waals surface area contributed by atoms with E-state index >= 15 is 0 Å². The number of nitrogens with zero attached hydrogens (tertiary/aromatic N) is 1. The van der Waals surface area contributed by atoms with Gasteiger partial charge in [0.15, 0.2) is 6.61 Å². The molecule has 2 rings (SSSR count). The molecule has 0 aliphatic carbocycles. The van der Waals surface area contributed by atoms with Gasteiger partial charge in [-0.2, -0.15) is 0 Å². The van der Waals surface area contributed by atoms with Gasteiger partial charge in [-0.05, 0) is 41.8 Å². The van der Waals surface area contributed by atoms with Crippen LogP contribution in [0.3, 0.4) is 0 Å². The molecule has 1 saturated heterocycles. The Balaban J connectivity index is 1.75. The molecule has 1 aromatic rings. The molecule has 1 aliphatic heterocycles. The van der Waals surface area contributed by atoms with Gasteiger partial charge in [0.2, 0.25) is 0 Å². The topological polar surface area (TPSA) is 88.7 Å². The fraction of sp³-hybridized carbons (Fsp3) is 0.533. The van der Waals surface area contributed by atoms with Crippen LogP contribution in [0.2, 0.25) is 0 Å². The molecule has 1 aliphatic rings. The number of carbonyl (C=O) groups is 3. The molecule has 8 heteroatoms. The van der Waals surface area contributed by atoms with Crippen molar-refractivity contribution in [2.24, 2.45) is 5.92 Å². The number of esters is 2. The summed E-state index contributed by atoms with van der Waals surface area (Å²) < 4.78 is 10.7. The fourth-order valence-corrected chi connectivity index (χ4v) is 2.75. The number of piperidine rings is 1. The van der Waals surface area contributed by atoms with E-state index in [1.165, 1.54) is 0 Å². The maximum absolute atomic E-state index is 12.1. The molecule has 0 radical (unpaired) electrons. The van der Waals surface area contributed by atoms with Gasteiger partial charge in [-0.25, -0.2) is 4.79 Å². The average Bonchev–Trinajstić information content (AvgIpc) is 2.99. The number of H-pyrrole nitrogens is 1. The number of hydrogen-bond acceptors (Lipinski definition) is 5. The van der Waals surface area contributed by atoms with Crippen LogP contribution in [-0.4, -0.2) is 54.0 Å². The zero-order valence-corrected chi connectivity index (χ0v) is 14.4. The highest BCUT2D eigenvalue weighted by Crippen LogP contribution is 2.19. The third-order valence-electron chi connectivity index (χ3n) is 3.66. The first-order valence-corrected chi connectivity index (χ1v) is 8.26. The molecule has 126 valence electrons. The lowest BCUT2D eigenvalue weighted by molar-refractivity contribution is -0.151. The molecule has 0 bridgehead atoms. The summed E-state index contributed by atoms with van der Waals surface area (Å²) in [7, 11) is 0. The van der Waals surface area contributed by atoms with Crippen molar-refractivity contribution < 1.29 is 23.9 Å². The normalized spacial score (nSPS) is 15.3. The number of aromatic amines is 1. The molecule has 0 spiro atoms. The quantitative estimate of drug-likeness (QED) is 0.778. The van der Waals surface area contributed by atoms with Gasteiger partial charge in [0.05, 0.1) is 12.5 Å². The summed E-state index contributed by atoms with van der Waals surface area (Å²) in [6.45, 7) is 2.76. The smallest absolute Gasteiger partial charge is 0.355 e. The summed E-state index contributed by atoms with van der Waals surface area (Å²) >= 11 is 3.22. The highest BCUT2D eigenvalue weighted by atomic mass is 79.9. The fourth-order valence-electron chi connectivity index (χ4n) is 2.41. The van der Waals surface area contributed by atoms with E-state index in [0.717, 1.165) is 4.47 Å². The lowest BCUT2D eigenvalue weighted by atomic mass is 9.97. The molecule has 0 aromatic carbocycles. The summed E-state index contributed by atoms with van der Waals surface area (Å²) in [5.41, 5.74) is 0.283. The van der Waals surface area contributed by atoms with Gasteiger partial charge in [-0.3, -0.25) is 9.59 Å². The third kappa shape index (κ3) is 4.82. The molecule has 2 heterocycles. The van der Waals surface area contributed by atoms with E-state index in [4.69, 9.17) is 9.47 Å². The SMILES string of the molecule is CCOC(=O)C1CCN(C(=O)COC(=O)c2cc(Br)c[nH]2)CC1. The van der Waals surface area contributed by atoms with Crippen LogP contribution >= 0.6 is 15.9 Å². The van der Waals surface area contributed by atoms with Gasteiger partial charge >= 0.3 is 11.9 Å². The molecule has 7 nitrogen and oxygen atoms in total. The molecule has 23 heavy (non-hydrogen) atoms. The molecule has 1 fully saturated rings. The number of nitrogens with one attached hydrogen (secondary N) is 1. The molecule has 1 amide bonds. The zero-order valence-electron chi connectivity index (χ0n) is 12.8. The standard InChI is InChI=1S/C15H19BrN2O5/c1-2-22-14(20)10-3-5-18(6-4-10)13(19)9-23-15(21)12-7-11(16)8-17-12/h7-8,10,17H,2-6,9H2,1H3. The second kappa shape index (κ2) is 8.14. The third-order valence-corrected chi connectivity index (χ3v) is 4.12. The van der Waals surface area contributed by atoms with Crippen LogP contribution in [0, 0.1) is 5.92 Å². The Morgan fingerprint density at radius 2 is 2.00 bits per heavy atom. The van der Waals surface area contributed by atoms with Crippen molar-refractivity contribution in [2.45, 2.75) is 19.8 Å². The number of halogens is 1. The van der Waals surface area contributed by atoms with E-state index in [1.807, 2.05) is 0 Å². The van der Waals surface area contributed by atoms with Crippen molar-refractivity contribution in [1.82, 2.24) is 9.88 Å². The second-order valence-electron chi connectivity index (χ2n) is 5.21.